The van der Waals surface area contributed by atoms with Gasteiger partial charge in [0.2, 0.25) is 11.8 Å². The number of alkyl halides is 2. The van der Waals surface area contributed by atoms with Crippen LogP contribution in [0.25, 0.3) is 11.3 Å². The van der Waals surface area contributed by atoms with Crippen LogP contribution in [-0.2, 0) is 21.4 Å². The largest absolute Gasteiger partial charge is 0.586 e. The molecule has 0 unspecified atom stereocenters. The predicted molar refractivity (Wildman–Crippen MR) is 121 cm³/mol. The summed E-state index contributed by atoms with van der Waals surface area (Å²) >= 11 is 0. The monoisotopic (exact) mass is 465 g/mol. The van der Waals surface area contributed by atoms with E-state index in [4.69, 9.17) is 0 Å². The van der Waals surface area contributed by atoms with Crippen LogP contribution in [0.15, 0.2) is 48.5 Å². The van der Waals surface area contributed by atoms with Gasteiger partial charge in [0.1, 0.15) is 5.82 Å². The normalized spacial score (nSPS) is 15.6. The van der Waals surface area contributed by atoms with Crippen molar-refractivity contribution in [3.05, 3.63) is 65.2 Å². The standard InChI is InChI=1S/C25H21F2N3O4/c1-13-4-9-20(29-22(13)14-5-7-17-15(10-14)11-21(31)28-17)30-23(32)24(2,3)16-6-8-18-19(12-16)34-25(26,27)33-18/h4-10,12H,11H2,1-3H3,(H,28,31)(H,29,30,32). The smallest absolute Gasteiger partial charge is 0.395 e. The second-order valence-corrected chi connectivity index (χ2v) is 8.87. The van der Waals surface area contributed by atoms with E-state index in [1.807, 2.05) is 31.2 Å². The molecule has 5 rings (SSSR count). The second kappa shape index (κ2) is 7.51. The van der Waals surface area contributed by atoms with Crippen molar-refractivity contribution in [2.45, 2.75) is 38.9 Å². The third kappa shape index (κ3) is 3.83. The Bertz CT molecular complexity index is 1350. The lowest BCUT2D eigenvalue weighted by atomic mass is 9.83. The van der Waals surface area contributed by atoms with Gasteiger partial charge in [-0.2, -0.15) is 0 Å². The molecule has 1 aromatic heterocycles. The van der Waals surface area contributed by atoms with Gasteiger partial charge in [0.25, 0.3) is 0 Å². The third-order valence-electron chi connectivity index (χ3n) is 6.03. The van der Waals surface area contributed by atoms with Crippen LogP contribution in [0.1, 0.15) is 30.5 Å². The molecule has 0 saturated heterocycles. The molecule has 7 nitrogen and oxygen atoms in total. The maximum absolute atomic E-state index is 13.4. The summed E-state index contributed by atoms with van der Waals surface area (Å²) in [6.07, 6.45) is -3.41. The number of nitrogens with one attached hydrogen (secondary N) is 2. The van der Waals surface area contributed by atoms with E-state index in [0.29, 0.717) is 23.5 Å². The molecule has 9 heteroatoms. The maximum atomic E-state index is 13.4. The zero-order valence-corrected chi connectivity index (χ0v) is 18.7. The van der Waals surface area contributed by atoms with Crippen LogP contribution < -0.4 is 20.1 Å². The van der Waals surface area contributed by atoms with Crippen LogP contribution >= 0.6 is 0 Å². The fourth-order valence-electron chi connectivity index (χ4n) is 4.01. The molecular formula is C25H21F2N3O4. The molecule has 0 bridgehead atoms. The van der Waals surface area contributed by atoms with Crippen LogP contribution in [0, 0.1) is 6.92 Å². The quantitative estimate of drug-likeness (QED) is 0.578. The first kappa shape index (κ1) is 21.8. The first-order valence-corrected chi connectivity index (χ1v) is 10.6. The van der Waals surface area contributed by atoms with Gasteiger partial charge in [0.05, 0.1) is 17.5 Å². The number of ether oxygens (including phenoxy) is 2. The molecule has 174 valence electrons. The average molecular weight is 465 g/mol. The number of anilines is 2. The maximum Gasteiger partial charge on any atom is 0.586 e. The van der Waals surface area contributed by atoms with Gasteiger partial charge in [-0.25, -0.2) is 4.98 Å². The minimum atomic E-state index is -3.73. The van der Waals surface area contributed by atoms with Crippen molar-refractivity contribution in [2.24, 2.45) is 0 Å². The van der Waals surface area contributed by atoms with Crippen molar-refractivity contribution in [1.82, 2.24) is 4.98 Å². The number of carbonyl (C=O) groups is 2. The number of carbonyl (C=O) groups excluding carboxylic acids is 2. The summed E-state index contributed by atoms with van der Waals surface area (Å²) in [7, 11) is 0. The molecule has 0 saturated carbocycles. The van der Waals surface area contributed by atoms with Gasteiger partial charge < -0.3 is 20.1 Å². The van der Waals surface area contributed by atoms with Crippen molar-refractivity contribution in [3.63, 3.8) is 0 Å². The number of amides is 2. The molecule has 2 amide bonds. The Kier molecular flexibility index (Phi) is 4.82. The Morgan fingerprint density at radius 2 is 1.85 bits per heavy atom. The van der Waals surface area contributed by atoms with Crippen LogP contribution in [0.5, 0.6) is 11.5 Å². The molecule has 0 spiro atoms. The molecule has 2 N–H and O–H groups in total. The summed E-state index contributed by atoms with van der Waals surface area (Å²) in [5.41, 5.74) is 3.51. The lowest BCUT2D eigenvalue weighted by molar-refractivity contribution is -0.286. The first-order valence-electron chi connectivity index (χ1n) is 10.6. The Hall–Kier alpha value is -4.01. The molecule has 2 aliphatic rings. The number of halogens is 2. The SMILES string of the molecule is Cc1ccc(NC(=O)C(C)(C)c2ccc3c(c2)OC(F)(F)O3)nc1-c1ccc2c(c1)CC(=O)N2. The molecule has 2 aliphatic heterocycles. The van der Waals surface area contributed by atoms with Gasteiger partial charge in [-0.3, -0.25) is 9.59 Å². The van der Waals surface area contributed by atoms with Gasteiger partial charge in [-0.05, 0) is 67.8 Å². The van der Waals surface area contributed by atoms with Crippen LogP contribution in [0.3, 0.4) is 0 Å². The number of hydrogen-bond donors (Lipinski definition) is 2. The summed E-state index contributed by atoms with van der Waals surface area (Å²) in [6.45, 7) is 5.27. The Morgan fingerprint density at radius 3 is 2.65 bits per heavy atom. The minimum absolute atomic E-state index is 0.0488. The van der Waals surface area contributed by atoms with Crippen LogP contribution in [-0.4, -0.2) is 23.1 Å². The van der Waals surface area contributed by atoms with Crippen molar-refractivity contribution in [2.75, 3.05) is 10.6 Å². The molecule has 0 fully saturated rings. The van der Waals surface area contributed by atoms with Crippen molar-refractivity contribution in [3.8, 4) is 22.8 Å². The van der Waals surface area contributed by atoms with Gasteiger partial charge in [-0.15, -0.1) is 8.78 Å². The molecule has 3 aromatic rings. The Morgan fingerprint density at radius 1 is 1.09 bits per heavy atom. The van der Waals surface area contributed by atoms with E-state index in [-0.39, 0.29) is 23.3 Å². The first-order chi connectivity index (χ1) is 16.0. The van der Waals surface area contributed by atoms with Gasteiger partial charge in [-0.1, -0.05) is 18.2 Å². The van der Waals surface area contributed by atoms with E-state index in [1.54, 1.807) is 26.0 Å². The molecule has 3 heterocycles. The Labute approximate surface area is 194 Å². The number of fused-ring (bicyclic) bond motifs is 2. The summed E-state index contributed by atoms with van der Waals surface area (Å²) in [4.78, 5) is 29.5. The molecular weight excluding hydrogens is 444 g/mol. The highest BCUT2D eigenvalue weighted by molar-refractivity contribution is 6.00. The molecule has 0 radical (unpaired) electrons. The highest BCUT2D eigenvalue weighted by atomic mass is 19.3. The number of pyridine rings is 1. The van der Waals surface area contributed by atoms with Gasteiger partial charge in [0, 0.05) is 11.3 Å². The topological polar surface area (TPSA) is 89.6 Å². The molecule has 0 aliphatic carbocycles. The molecule has 34 heavy (non-hydrogen) atoms. The average Bonchev–Trinajstić information content (AvgIpc) is 3.30. The number of nitrogens with zero attached hydrogens (tertiary/aromatic N) is 1. The lowest BCUT2D eigenvalue weighted by Gasteiger charge is -2.24. The zero-order valence-electron chi connectivity index (χ0n) is 18.7. The van der Waals surface area contributed by atoms with Crippen molar-refractivity contribution in [1.29, 1.82) is 0 Å². The fourth-order valence-corrected chi connectivity index (χ4v) is 4.01. The Balaban J connectivity index is 1.39. The number of aryl methyl sites for hydroxylation is 1. The van der Waals surface area contributed by atoms with E-state index in [9.17, 15) is 18.4 Å². The number of hydrogen-bond acceptors (Lipinski definition) is 5. The predicted octanol–water partition coefficient (Wildman–Crippen LogP) is 4.79. The second-order valence-electron chi connectivity index (χ2n) is 8.87. The lowest BCUT2D eigenvalue weighted by Crippen LogP contribution is -2.35. The van der Waals surface area contributed by atoms with Crippen molar-refractivity contribution < 1.29 is 27.8 Å². The summed E-state index contributed by atoms with van der Waals surface area (Å²) in [5, 5.41) is 5.63. The summed E-state index contributed by atoms with van der Waals surface area (Å²) in [5.74, 6) is -0.276. The number of aromatic nitrogens is 1. The van der Waals surface area contributed by atoms with E-state index >= 15 is 0 Å². The number of rotatable bonds is 4. The highest BCUT2D eigenvalue weighted by Gasteiger charge is 2.44. The zero-order chi connectivity index (χ0) is 24.3. The minimum Gasteiger partial charge on any atom is -0.395 e. The fraction of sp³-hybridized carbons (Fsp3) is 0.240. The van der Waals surface area contributed by atoms with E-state index in [1.165, 1.54) is 12.1 Å². The molecule has 0 atom stereocenters. The molecule has 2 aromatic carbocycles. The van der Waals surface area contributed by atoms with Crippen LogP contribution in [0.2, 0.25) is 0 Å². The number of benzene rings is 2. The van der Waals surface area contributed by atoms with Gasteiger partial charge >= 0.3 is 6.29 Å². The van der Waals surface area contributed by atoms with E-state index in [2.05, 4.69) is 25.1 Å². The van der Waals surface area contributed by atoms with E-state index in [0.717, 1.165) is 22.4 Å². The third-order valence-corrected chi connectivity index (χ3v) is 6.03. The summed E-state index contributed by atoms with van der Waals surface area (Å²) < 4.78 is 35.7. The van der Waals surface area contributed by atoms with Crippen LogP contribution in [0.4, 0.5) is 20.3 Å². The van der Waals surface area contributed by atoms with Crippen molar-refractivity contribution >= 4 is 23.3 Å². The van der Waals surface area contributed by atoms with E-state index < -0.39 is 11.7 Å². The highest BCUT2D eigenvalue weighted by Crippen LogP contribution is 2.43. The summed E-state index contributed by atoms with van der Waals surface area (Å²) in [6, 6.07) is 13.5. The van der Waals surface area contributed by atoms with Gasteiger partial charge in [0.15, 0.2) is 11.5 Å².